The normalized spacial score (nSPS) is 20.4. The van der Waals surface area contributed by atoms with Gasteiger partial charge >= 0.3 is 23.9 Å². The summed E-state index contributed by atoms with van der Waals surface area (Å²) in [4.78, 5) is 47.6. The van der Waals surface area contributed by atoms with Crippen LogP contribution in [0.15, 0.2) is 22.3 Å². The van der Waals surface area contributed by atoms with Crippen molar-refractivity contribution in [3.63, 3.8) is 0 Å². The monoisotopic (exact) mass is 382 g/mol. The highest BCUT2D eigenvalue weighted by Crippen LogP contribution is 2.41. The van der Waals surface area contributed by atoms with Crippen LogP contribution < -0.4 is 0 Å². The second-order valence-electron chi connectivity index (χ2n) is 6.68. The van der Waals surface area contributed by atoms with Gasteiger partial charge in [-0.15, -0.1) is 0 Å². The van der Waals surface area contributed by atoms with E-state index in [1.165, 1.54) is 0 Å². The predicted octanol–water partition coefficient (Wildman–Crippen LogP) is 2.93. The number of hydrogen-bond acceptors (Lipinski definition) is 4. The molecule has 0 aromatic carbocycles. The Morgan fingerprint density at radius 3 is 1.63 bits per heavy atom. The molecule has 1 rings (SSSR count). The molecule has 0 saturated carbocycles. The van der Waals surface area contributed by atoms with Crippen molar-refractivity contribution in [2.45, 2.75) is 58.8 Å². The lowest BCUT2D eigenvalue weighted by atomic mass is 9.82. The summed E-state index contributed by atoms with van der Waals surface area (Å²) in [5, 5.41) is 38.7. The number of hydrogen-bond donors (Lipinski definition) is 4. The Bertz CT molecular complexity index is 686. The molecular formula is C19H26O8. The van der Waals surface area contributed by atoms with Gasteiger partial charge in [0.2, 0.25) is 0 Å². The summed E-state index contributed by atoms with van der Waals surface area (Å²) in [6.45, 7) is 3.70. The van der Waals surface area contributed by atoms with Gasteiger partial charge in [-0.05, 0) is 25.2 Å². The van der Waals surface area contributed by atoms with Crippen LogP contribution in [0.2, 0.25) is 0 Å². The van der Waals surface area contributed by atoms with E-state index in [1.54, 1.807) is 0 Å². The van der Waals surface area contributed by atoms with E-state index in [2.05, 4.69) is 0 Å². The third-order valence-electron chi connectivity index (χ3n) is 4.87. The van der Waals surface area contributed by atoms with Gasteiger partial charge in [0.15, 0.2) is 0 Å². The average molecular weight is 382 g/mol. The lowest BCUT2D eigenvalue weighted by Crippen LogP contribution is -2.25. The molecule has 0 saturated heterocycles. The van der Waals surface area contributed by atoms with Crippen LogP contribution in [0.4, 0.5) is 0 Å². The molecule has 0 radical (unpaired) electrons. The van der Waals surface area contributed by atoms with Crippen LogP contribution >= 0.6 is 0 Å². The number of carboxylic acids is 4. The minimum Gasteiger partial charge on any atom is -0.478 e. The van der Waals surface area contributed by atoms with Crippen LogP contribution in [-0.4, -0.2) is 44.3 Å². The molecule has 0 bridgehead atoms. The first-order valence-electron chi connectivity index (χ1n) is 9.07. The molecule has 1 aliphatic carbocycles. The van der Waals surface area contributed by atoms with E-state index in [0.717, 1.165) is 0 Å². The molecule has 0 aliphatic heterocycles. The van der Waals surface area contributed by atoms with Crippen molar-refractivity contribution in [1.29, 1.82) is 0 Å². The highest BCUT2D eigenvalue weighted by atomic mass is 16.4. The maximum absolute atomic E-state index is 12.0. The highest BCUT2D eigenvalue weighted by molar-refractivity contribution is 6.06. The standard InChI is InChI=1S/C19H26O8/c1-3-5-7-10-9-12(16(20)21)14(18(24)25)11(8-6-4-2)15(19(26)27)13(10)17(22)23/h10-11H,3-9H2,1-2H3,(H,20,21)(H,22,23)(H,24,25)(H,26,27)/t10-,11+/m0/s1. The van der Waals surface area contributed by atoms with Crippen molar-refractivity contribution in [2.75, 3.05) is 0 Å². The highest BCUT2D eigenvalue weighted by Gasteiger charge is 2.42. The summed E-state index contributed by atoms with van der Waals surface area (Å²) >= 11 is 0. The number of unbranched alkanes of at least 4 members (excludes halogenated alkanes) is 2. The zero-order valence-electron chi connectivity index (χ0n) is 15.5. The van der Waals surface area contributed by atoms with Gasteiger partial charge in [-0.3, -0.25) is 0 Å². The quantitative estimate of drug-likeness (QED) is 0.450. The van der Waals surface area contributed by atoms with Gasteiger partial charge in [-0.1, -0.05) is 39.5 Å². The van der Waals surface area contributed by atoms with Gasteiger partial charge in [-0.2, -0.15) is 0 Å². The smallest absolute Gasteiger partial charge is 0.332 e. The van der Waals surface area contributed by atoms with Gasteiger partial charge < -0.3 is 20.4 Å². The summed E-state index contributed by atoms with van der Waals surface area (Å²) in [7, 11) is 0. The first-order valence-corrected chi connectivity index (χ1v) is 9.07. The van der Waals surface area contributed by atoms with Gasteiger partial charge in [0.05, 0.1) is 16.7 Å². The summed E-state index contributed by atoms with van der Waals surface area (Å²) in [6, 6.07) is 0. The molecule has 4 N–H and O–H groups in total. The van der Waals surface area contributed by atoms with E-state index in [-0.39, 0.29) is 24.8 Å². The van der Waals surface area contributed by atoms with Gasteiger partial charge in [0, 0.05) is 11.5 Å². The molecule has 0 heterocycles. The molecule has 8 heteroatoms. The topological polar surface area (TPSA) is 149 Å². The zero-order valence-corrected chi connectivity index (χ0v) is 15.5. The van der Waals surface area contributed by atoms with E-state index < -0.39 is 52.4 Å². The number of carboxylic acid groups (broad SMARTS) is 4. The van der Waals surface area contributed by atoms with Crippen LogP contribution in [0, 0.1) is 11.8 Å². The molecule has 0 aromatic heterocycles. The third kappa shape index (κ3) is 5.18. The van der Waals surface area contributed by atoms with Crippen LogP contribution in [0.5, 0.6) is 0 Å². The molecule has 2 atom stereocenters. The van der Waals surface area contributed by atoms with Crippen molar-refractivity contribution in [2.24, 2.45) is 11.8 Å². The molecule has 8 nitrogen and oxygen atoms in total. The van der Waals surface area contributed by atoms with Crippen molar-refractivity contribution in [3.05, 3.63) is 22.3 Å². The van der Waals surface area contributed by atoms with E-state index >= 15 is 0 Å². The number of rotatable bonds is 10. The van der Waals surface area contributed by atoms with Crippen LogP contribution in [0.25, 0.3) is 0 Å². The molecule has 0 fully saturated rings. The lowest BCUT2D eigenvalue weighted by Gasteiger charge is -2.21. The maximum Gasteiger partial charge on any atom is 0.332 e. The second kappa shape index (κ2) is 9.89. The van der Waals surface area contributed by atoms with E-state index in [0.29, 0.717) is 25.7 Å². The largest absolute Gasteiger partial charge is 0.478 e. The predicted molar refractivity (Wildman–Crippen MR) is 95.2 cm³/mol. The van der Waals surface area contributed by atoms with E-state index in [1.807, 2.05) is 13.8 Å². The Morgan fingerprint density at radius 2 is 1.22 bits per heavy atom. The number of carbonyl (C=O) groups is 4. The lowest BCUT2D eigenvalue weighted by molar-refractivity contribution is -0.137. The molecule has 0 unspecified atom stereocenters. The Hall–Kier alpha value is -2.64. The summed E-state index contributed by atoms with van der Waals surface area (Å²) < 4.78 is 0. The summed E-state index contributed by atoms with van der Waals surface area (Å²) in [6.07, 6.45) is 2.38. The van der Waals surface area contributed by atoms with Crippen molar-refractivity contribution >= 4 is 23.9 Å². The fourth-order valence-electron chi connectivity index (χ4n) is 3.65. The Morgan fingerprint density at radius 1 is 0.741 bits per heavy atom. The molecule has 1 aliphatic rings. The van der Waals surface area contributed by atoms with Crippen LogP contribution in [0.1, 0.15) is 58.8 Å². The van der Waals surface area contributed by atoms with E-state index in [4.69, 9.17) is 0 Å². The summed E-state index contributed by atoms with van der Waals surface area (Å²) in [5.41, 5.74) is -1.77. The fraction of sp³-hybridized carbons (Fsp3) is 0.579. The molecular weight excluding hydrogens is 356 g/mol. The SMILES string of the molecule is CCCC[C@H]1CC(C(=O)O)=C(C(=O)O)[C@@H](CCCC)C(C(=O)O)=C1C(=O)O. The van der Waals surface area contributed by atoms with Crippen LogP contribution in [-0.2, 0) is 19.2 Å². The molecule has 0 amide bonds. The molecule has 150 valence electrons. The first-order chi connectivity index (χ1) is 12.7. The minimum absolute atomic E-state index is 0.0633. The van der Waals surface area contributed by atoms with Crippen molar-refractivity contribution in [3.8, 4) is 0 Å². The van der Waals surface area contributed by atoms with Gasteiger partial charge in [-0.25, -0.2) is 19.2 Å². The first kappa shape index (κ1) is 22.4. The average Bonchev–Trinajstić information content (AvgIpc) is 2.72. The molecule has 27 heavy (non-hydrogen) atoms. The third-order valence-corrected chi connectivity index (χ3v) is 4.87. The Balaban J connectivity index is 3.82. The van der Waals surface area contributed by atoms with Crippen LogP contribution in [0.3, 0.4) is 0 Å². The van der Waals surface area contributed by atoms with E-state index in [9.17, 15) is 39.6 Å². The van der Waals surface area contributed by atoms with Gasteiger partial charge in [0.25, 0.3) is 0 Å². The Kier molecular flexibility index (Phi) is 8.21. The van der Waals surface area contributed by atoms with Gasteiger partial charge in [0.1, 0.15) is 0 Å². The minimum atomic E-state index is -1.52. The second-order valence-corrected chi connectivity index (χ2v) is 6.68. The number of aliphatic carboxylic acids is 4. The van der Waals surface area contributed by atoms with Crippen molar-refractivity contribution < 1.29 is 39.6 Å². The molecule has 0 aromatic rings. The van der Waals surface area contributed by atoms with Crippen molar-refractivity contribution in [1.82, 2.24) is 0 Å². The zero-order chi connectivity index (χ0) is 20.7. The maximum atomic E-state index is 12.0. The molecule has 0 spiro atoms. The Labute approximate surface area is 157 Å². The fourth-order valence-corrected chi connectivity index (χ4v) is 3.65. The summed E-state index contributed by atoms with van der Waals surface area (Å²) in [5.74, 6) is -8.06.